The van der Waals surface area contributed by atoms with Crippen LogP contribution in [0.15, 0.2) is 18.2 Å². The van der Waals surface area contributed by atoms with E-state index in [1.54, 1.807) is 23.1 Å². The van der Waals surface area contributed by atoms with Crippen LogP contribution in [0.2, 0.25) is 5.02 Å². The minimum atomic E-state index is -0.616. The molecule has 1 N–H and O–H groups in total. The van der Waals surface area contributed by atoms with Gasteiger partial charge in [-0.15, -0.1) is 0 Å². The van der Waals surface area contributed by atoms with Gasteiger partial charge in [-0.25, -0.2) is 0 Å². The molecule has 1 aromatic rings. The van der Waals surface area contributed by atoms with Crippen LogP contribution in [0.4, 0.5) is 5.69 Å². The number of ether oxygens (including phenoxy) is 1. The van der Waals surface area contributed by atoms with Crippen molar-refractivity contribution in [1.82, 2.24) is 4.90 Å². The zero-order valence-corrected chi connectivity index (χ0v) is 15.9. The van der Waals surface area contributed by atoms with Crippen molar-refractivity contribution in [2.45, 2.75) is 46.1 Å². The number of hydrogen-bond acceptors (Lipinski definition) is 3. The topological polar surface area (TPSA) is 58.6 Å². The minimum Gasteiger partial charge on any atom is -0.495 e. The predicted octanol–water partition coefficient (Wildman–Crippen LogP) is 3.71. The van der Waals surface area contributed by atoms with Crippen molar-refractivity contribution in [2.24, 2.45) is 10.8 Å². The summed E-state index contributed by atoms with van der Waals surface area (Å²) in [5.41, 5.74) is 0.788. The number of benzene rings is 1. The molecule has 2 bridgehead atoms. The van der Waals surface area contributed by atoms with E-state index in [4.69, 9.17) is 16.3 Å². The molecule has 1 aromatic carbocycles. The van der Waals surface area contributed by atoms with E-state index >= 15 is 0 Å². The van der Waals surface area contributed by atoms with Gasteiger partial charge in [-0.2, -0.15) is 0 Å². The van der Waals surface area contributed by atoms with Crippen LogP contribution in [-0.4, -0.2) is 36.4 Å². The van der Waals surface area contributed by atoms with Crippen LogP contribution in [0, 0.1) is 10.8 Å². The van der Waals surface area contributed by atoms with E-state index in [0.29, 0.717) is 23.0 Å². The van der Waals surface area contributed by atoms with E-state index in [1.807, 2.05) is 0 Å². The highest BCUT2D eigenvalue weighted by Gasteiger charge is 2.51. The number of anilines is 1. The number of nitrogens with zero attached hydrogens (tertiary/aromatic N) is 1. The normalized spacial score (nSPS) is 27.1. The molecule has 2 unspecified atom stereocenters. The van der Waals surface area contributed by atoms with E-state index in [0.717, 1.165) is 19.3 Å². The lowest BCUT2D eigenvalue weighted by Crippen LogP contribution is -2.43. The molecule has 1 heterocycles. The zero-order valence-electron chi connectivity index (χ0n) is 15.2. The van der Waals surface area contributed by atoms with Gasteiger partial charge in [0.2, 0.25) is 0 Å². The summed E-state index contributed by atoms with van der Waals surface area (Å²) in [4.78, 5) is 26.9. The Bertz CT molecular complexity index is 719. The van der Waals surface area contributed by atoms with Crippen molar-refractivity contribution < 1.29 is 14.3 Å². The Kier molecular flexibility index (Phi) is 4.48. The van der Waals surface area contributed by atoms with Crippen molar-refractivity contribution in [3.63, 3.8) is 0 Å². The van der Waals surface area contributed by atoms with Crippen LogP contribution >= 0.6 is 11.6 Å². The number of carbonyl (C=O) groups is 2. The van der Waals surface area contributed by atoms with Crippen LogP contribution in [-0.2, 0) is 9.59 Å². The van der Waals surface area contributed by atoms with Crippen molar-refractivity contribution in [3.8, 4) is 5.75 Å². The van der Waals surface area contributed by atoms with E-state index in [1.165, 1.54) is 7.11 Å². The third-order valence-corrected chi connectivity index (χ3v) is 5.57. The summed E-state index contributed by atoms with van der Waals surface area (Å²) in [7, 11) is 1.52. The largest absolute Gasteiger partial charge is 0.495 e. The third-order valence-electron chi connectivity index (χ3n) is 5.28. The summed E-state index contributed by atoms with van der Waals surface area (Å²) < 4.78 is 5.09. The molecular weight excluding hydrogens is 340 g/mol. The monoisotopic (exact) mass is 364 g/mol. The smallest absolute Gasteiger partial charge is 0.313 e. The van der Waals surface area contributed by atoms with Gasteiger partial charge in [0.1, 0.15) is 5.75 Å². The SMILES string of the molecule is COc1ccc(NC(=O)C(=O)N2CC3(C)CC2CC(C)(C)C3)cc1Cl. The van der Waals surface area contributed by atoms with Gasteiger partial charge < -0.3 is 15.0 Å². The van der Waals surface area contributed by atoms with Crippen molar-refractivity contribution in [2.75, 3.05) is 19.0 Å². The number of nitrogens with one attached hydrogen (secondary N) is 1. The molecule has 6 heteroatoms. The Morgan fingerprint density at radius 3 is 2.64 bits per heavy atom. The molecule has 1 saturated carbocycles. The minimum absolute atomic E-state index is 0.103. The number of carbonyl (C=O) groups excluding carboxylic acids is 2. The number of fused-ring (bicyclic) bond motifs is 2. The molecule has 1 aliphatic carbocycles. The van der Waals surface area contributed by atoms with Crippen LogP contribution in [0.25, 0.3) is 0 Å². The maximum Gasteiger partial charge on any atom is 0.313 e. The first kappa shape index (κ1) is 18.1. The summed E-state index contributed by atoms with van der Waals surface area (Å²) in [5, 5.41) is 3.04. The summed E-state index contributed by atoms with van der Waals surface area (Å²) in [5.74, 6) is -0.553. The molecule has 136 valence electrons. The molecule has 3 rings (SSSR count). The maximum absolute atomic E-state index is 12.7. The number of likely N-dealkylation sites (tertiary alicyclic amines) is 1. The molecule has 1 aliphatic heterocycles. The fourth-order valence-electron chi connectivity index (χ4n) is 4.76. The molecule has 0 spiro atoms. The molecule has 2 fully saturated rings. The van der Waals surface area contributed by atoms with E-state index in [-0.39, 0.29) is 16.9 Å². The standard InChI is InChI=1S/C19H25ClN2O3/c1-18(2)8-13-9-19(3,10-18)11-22(13)17(24)16(23)21-12-5-6-15(25-4)14(20)7-12/h5-7,13H,8-11H2,1-4H3,(H,21,23). The molecule has 25 heavy (non-hydrogen) atoms. The lowest BCUT2D eigenvalue weighted by molar-refractivity contribution is -0.144. The number of amides is 2. The van der Waals surface area contributed by atoms with Gasteiger partial charge in [-0.3, -0.25) is 9.59 Å². The molecular formula is C19H25ClN2O3. The number of methoxy groups -OCH3 is 1. The Labute approximate surface area is 153 Å². The number of halogens is 1. The molecule has 1 saturated heterocycles. The zero-order chi connectivity index (χ0) is 18.4. The molecule has 2 amide bonds. The second-order valence-corrected chi connectivity index (χ2v) is 8.86. The molecule has 0 radical (unpaired) electrons. The van der Waals surface area contributed by atoms with E-state index < -0.39 is 11.8 Å². The highest BCUT2D eigenvalue weighted by molar-refractivity contribution is 6.40. The van der Waals surface area contributed by atoms with Crippen molar-refractivity contribution >= 4 is 29.1 Å². The first-order valence-corrected chi connectivity index (χ1v) is 8.96. The summed E-state index contributed by atoms with van der Waals surface area (Å²) in [6.07, 6.45) is 3.00. The van der Waals surface area contributed by atoms with Gasteiger partial charge in [0.05, 0.1) is 12.1 Å². The van der Waals surface area contributed by atoms with Crippen molar-refractivity contribution in [1.29, 1.82) is 0 Å². The highest BCUT2D eigenvalue weighted by Crippen LogP contribution is 2.52. The lowest BCUT2D eigenvalue weighted by Gasteiger charge is -2.39. The fraction of sp³-hybridized carbons (Fsp3) is 0.579. The Morgan fingerprint density at radius 1 is 1.28 bits per heavy atom. The van der Waals surface area contributed by atoms with Gasteiger partial charge in [0.15, 0.2) is 0 Å². The second-order valence-electron chi connectivity index (χ2n) is 8.45. The van der Waals surface area contributed by atoms with Gasteiger partial charge in [0.25, 0.3) is 0 Å². The van der Waals surface area contributed by atoms with Gasteiger partial charge in [-0.1, -0.05) is 32.4 Å². The Balaban J connectivity index is 1.71. The number of rotatable bonds is 2. The Hall–Kier alpha value is -1.75. The predicted molar refractivity (Wildman–Crippen MR) is 97.9 cm³/mol. The Morgan fingerprint density at radius 2 is 2.00 bits per heavy atom. The van der Waals surface area contributed by atoms with E-state index in [2.05, 4.69) is 26.1 Å². The highest BCUT2D eigenvalue weighted by atomic mass is 35.5. The average Bonchev–Trinajstić information content (AvgIpc) is 2.75. The first-order chi connectivity index (χ1) is 11.6. The van der Waals surface area contributed by atoms with Gasteiger partial charge in [-0.05, 0) is 48.3 Å². The maximum atomic E-state index is 12.7. The summed E-state index contributed by atoms with van der Waals surface area (Å²) in [6.45, 7) is 7.35. The summed E-state index contributed by atoms with van der Waals surface area (Å²) >= 11 is 6.07. The van der Waals surface area contributed by atoms with Crippen LogP contribution < -0.4 is 10.1 Å². The first-order valence-electron chi connectivity index (χ1n) is 8.58. The van der Waals surface area contributed by atoms with Crippen LogP contribution in [0.3, 0.4) is 0 Å². The van der Waals surface area contributed by atoms with Crippen LogP contribution in [0.1, 0.15) is 40.0 Å². The molecule has 2 aliphatic rings. The molecule has 2 atom stereocenters. The molecule has 5 nitrogen and oxygen atoms in total. The lowest BCUT2D eigenvalue weighted by atomic mass is 9.65. The quantitative estimate of drug-likeness (QED) is 0.814. The fourth-order valence-corrected chi connectivity index (χ4v) is 5.01. The van der Waals surface area contributed by atoms with E-state index in [9.17, 15) is 9.59 Å². The van der Waals surface area contributed by atoms with Crippen LogP contribution in [0.5, 0.6) is 5.75 Å². The average molecular weight is 365 g/mol. The van der Waals surface area contributed by atoms with Crippen molar-refractivity contribution in [3.05, 3.63) is 23.2 Å². The summed E-state index contributed by atoms with van der Waals surface area (Å²) in [6, 6.07) is 5.06. The van der Waals surface area contributed by atoms with Gasteiger partial charge in [0, 0.05) is 18.3 Å². The third kappa shape index (κ3) is 3.61. The number of hydrogen-bond donors (Lipinski definition) is 1. The molecule has 0 aromatic heterocycles. The van der Waals surface area contributed by atoms with Gasteiger partial charge >= 0.3 is 11.8 Å². The second kappa shape index (κ2) is 6.20.